The zero-order chi connectivity index (χ0) is 14.6. The van der Waals surface area contributed by atoms with E-state index in [1.54, 1.807) is 0 Å². The highest BCUT2D eigenvalue weighted by Gasteiger charge is 2.28. The maximum atomic E-state index is 5.92. The Kier molecular flexibility index (Phi) is 4.92. The fourth-order valence-electron chi connectivity index (χ4n) is 2.86. The number of anilines is 1. The molecule has 1 aromatic carbocycles. The maximum Gasteiger partial charge on any atom is 0.123 e. The molecule has 0 atom stereocenters. The van der Waals surface area contributed by atoms with Crippen LogP contribution in [0.15, 0.2) is 18.2 Å². The largest absolute Gasteiger partial charge is 0.494 e. The monoisotopic (exact) mass is 276 g/mol. The standard InChI is InChI=1S/C17H28N2O/c1-4-17(3)8-10-19(11-9-17)13-14-12-15(18)6-7-16(14)20-5-2/h6-7,12H,4-5,8-11,13,18H2,1-3H3. The van der Waals surface area contributed by atoms with E-state index in [-0.39, 0.29) is 0 Å². The molecule has 112 valence electrons. The third-order valence-corrected chi connectivity index (χ3v) is 4.70. The Morgan fingerprint density at radius 2 is 1.95 bits per heavy atom. The summed E-state index contributed by atoms with van der Waals surface area (Å²) in [6.45, 7) is 10.7. The molecular weight excluding hydrogens is 248 g/mol. The van der Waals surface area contributed by atoms with Crippen LogP contribution in [0, 0.1) is 5.41 Å². The summed E-state index contributed by atoms with van der Waals surface area (Å²) >= 11 is 0. The third kappa shape index (κ3) is 3.66. The van der Waals surface area contributed by atoms with Gasteiger partial charge in [0.05, 0.1) is 6.61 Å². The zero-order valence-electron chi connectivity index (χ0n) is 13.1. The highest BCUT2D eigenvalue weighted by atomic mass is 16.5. The minimum absolute atomic E-state index is 0.537. The van der Waals surface area contributed by atoms with Crippen LogP contribution < -0.4 is 10.5 Å². The average molecular weight is 276 g/mol. The summed E-state index contributed by atoms with van der Waals surface area (Å²) in [5, 5.41) is 0. The Labute approximate surface area is 123 Å². The van der Waals surface area contributed by atoms with Crippen LogP contribution >= 0.6 is 0 Å². The number of hydrogen-bond donors (Lipinski definition) is 1. The van der Waals surface area contributed by atoms with Crippen LogP contribution in [0.4, 0.5) is 5.69 Å². The van der Waals surface area contributed by atoms with Crippen molar-refractivity contribution in [1.82, 2.24) is 4.90 Å². The molecule has 0 amide bonds. The van der Waals surface area contributed by atoms with Gasteiger partial charge in [0.1, 0.15) is 5.75 Å². The molecule has 1 fully saturated rings. The SMILES string of the molecule is CCOc1ccc(N)cc1CN1CCC(C)(CC)CC1. The van der Waals surface area contributed by atoms with Gasteiger partial charge in [-0.05, 0) is 56.5 Å². The number of ether oxygens (including phenoxy) is 1. The lowest BCUT2D eigenvalue weighted by atomic mass is 9.78. The molecule has 0 spiro atoms. The summed E-state index contributed by atoms with van der Waals surface area (Å²) in [6, 6.07) is 5.96. The van der Waals surface area contributed by atoms with Crippen LogP contribution in [-0.2, 0) is 6.54 Å². The first-order chi connectivity index (χ1) is 9.56. The summed E-state index contributed by atoms with van der Waals surface area (Å²) in [6.07, 6.45) is 3.86. The molecule has 1 heterocycles. The van der Waals surface area contributed by atoms with Gasteiger partial charge in [0.15, 0.2) is 0 Å². The third-order valence-electron chi connectivity index (χ3n) is 4.70. The van der Waals surface area contributed by atoms with Gasteiger partial charge in [-0.3, -0.25) is 4.90 Å². The van der Waals surface area contributed by atoms with Crippen LogP contribution in [-0.4, -0.2) is 24.6 Å². The van der Waals surface area contributed by atoms with Gasteiger partial charge in [-0.1, -0.05) is 20.3 Å². The quantitative estimate of drug-likeness (QED) is 0.834. The van der Waals surface area contributed by atoms with Crippen LogP contribution in [0.25, 0.3) is 0 Å². The van der Waals surface area contributed by atoms with Gasteiger partial charge in [0, 0.05) is 17.8 Å². The van der Waals surface area contributed by atoms with Crippen molar-refractivity contribution in [2.24, 2.45) is 5.41 Å². The number of nitrogen functional groups attached to an aromatic ring is 1. The Morgan fingerprint density at radius 3 is 2.55 bits per heavy atom. The Hall–Kier alpha value is -1.22. The predicted molar refractivity (Wildman–Crippen MR) is 84.9 cm³/mol. The number of benzene rings is 1. The lowest BCUT2D eigenvalue weighted by Gasteiger charge is -2.39. The maximum absolute atomic E-state index is 5.92. The molecule has 0 radical (unpaired) electrons. The van der Waals surface area contributed by atoms with E-state index in [4.69, 9.17) is 10.5 Å². The minimum Gasteiger partial charge on any atom is -0.494 e. The zero-order valence-corrected chi connectivity index (χ0v) is 13.1. The van der Waals surface area contributed by atoms with E-state index < -0.39 is 0 Å². The van der Waals surface area contributed by atoms with Crippen LogP contribution in [0.3, 0.4) is 0 Å². The first-order valence-electron chi connectivity index (χ1n) is 7.80. The van der Waals surface area contributed by atoms with E-state index >= 15 is 0 Å². The van der Waals surface area contributed by atoms with Crippen molar-refractivity contribution in [3.63, 3.8) is 0 Å². The number of likely N-dealkylation sites (tertiary alicyclic amines) is 1. The van der Waals surface area contributed by atoms with Crippen molar-refractivity contribution >= 4 is 5.69 Å². The Balaban J connectivity index is 2.02. The molecule has 2 rings (SSSR count). The second kappa shape index (κ2) is 6.49. The second-order valence-electron chi connectivity index (χ2n) is 6.24. The number of hydrogen-bond acceptors (Lipinski definition) is 3. The number of nitrogens with two attached hydrogens (primary N) is 1. The Morgan fingerprint density at radius 1 is 1.25 bits per heavy atom. The molecule has 1 aliphatic heterocycles. The molecule has 1 saturated heterocycles. The van der Waals surface area contributed by atoms with Gasteiger partial charge in [-0.25, -0.2) is 0 Å². The second-order valence-corrected chi connectivity index (χ2v) is 6.24. The first kappa shape index (κ1) is 15.2. The molecule has 1 aromatic rings. The molecule has 20 heavy (non-hydrogen) atoms. The first-order valence-corrected chi connectivity index (χ1v) is 7.80. The van der Waals surface area contributed by atoms with E-state index in [0.717, 1.165) is 18.0 Å². The Bertz CT molecular complexity index is 437. The number of nitrogens with zero attached hydrogens (tertiary/aromatic N) is 1. The van der Waals surface area contributed by atoms with E-state index in [1.165, 1.54) is 37.9 Å². The molecule has 0 unspecified atom stereocenters. The molecule has 1 aliphatic rings. The van der Waals surface area contributed by atoms with Crippen LogP contribution in [0.5, 0.6) is 5.75 Å². The van der Waals surface area contributed by atoms with E-state index in [9.17, 15) is 0 Å². The summed E-state index contributed by atoms with van der Waals surface area (Å²) in [5.74, 6) is 0.977. The number of piperidine rings is 1. The summed E-state index contributed by atoms with van der Waals surface area (Å²) < 4.78 is 5.71. The van der Waals surface area contributed by atoms with E-state index in [1.807, 2.05) is 19.1 Å². The van der Waals surface area contributed by atoms with Crippen molar-refractivity contribution in [3.8, 4) is 5.75 Å². The molecular formula is C17H28N2O. The van der Waals surface area contributed by atoms with Crippen LogP contribution in [0.2, 0.25) is 0 Å². The topological polar surface area (TPSA) is 38.5 Å². The molecule has 3 heteroatoms. The van der Waals surface area contributed by atoms with E-state index in [2.05, 4.69) is 24.8 Å². The van der Waals surface area contributed by atoms with Gasteiger partial charge >= 0.3 is 0 Å². The van der Waals surface area contributed by atoms with Crippen molar-refractivity contribution in [1.29, 1.82) is 0 Å². The molecule has 2 N–H and O–H groups in total. The predicted octanol–water partition coefficient (Wildman–Crippen LogP) is 3.68. The fraction of sp³-hybridized carbons (Fsp3) is 0.647. The van der Waals surface area contributed by atoms with Crippen molar-refractivity contribution in [2.45, 2.75) is 46.6 Å². The highest BCUT2D eigenvalue weighted by Crippen LogP contribution is 2.35. The van der Waals surface area contributed by atoms with Gasteiger partial charge in [0.25, 0.3) is 0 Å². The van der Waals surface area contributed by atoms with E-state index in [0.29, 0.717) is 12.0 Å². The van der Waals surface area contributed by atoms with Gasteiger partial charge in [-0.15, -0.1) is 0 Å². The van der Waals surface area contributed by atoms with Gasteiger partial charge < -0.3 is 10.5 Å². The fourth-order valence-corrected chi connectivity index (χ4v) is 2.86. The average Bonchev–Trinajstić information content (AvgIpc) is 2.45. The summed E-state index contributed by atoms with van der Waals surface area (Å²) in [7, 11) is 0. The lowest BCUT2D eigenvalue weighted by Crippen LogP contribution is -2.38. The van der Waals surface area contributed by atoms with Crippen LogP contribution in [0.1, 0.15) is 45.6 Å². The molecule has 0 saturated carbocycles. The molecule has 0 bridgehead atoms. The summed E-state index contributed by atoms with van der Waals surface area (Å²) in [4.78, 5) is 2.52. The minimum atomic E-state index is 0.537. The molecule has 3 nitrogen and oxygen atoms in total. The van der Waals surface area contributed by atoms with Crippen molar-refractivity contribution in [2.75, 3.05) is 25.4 Å². The van der Waals surface area contributed by atoms with Gasteiger partial charge in [-0.2, -0.15) is 0 Å². The molecule has 0 aliphatic carbocycles. The van der Waals surface area contributed by atoms with Crippen molar-refractivity contribution in [3.05, 3.63) is 23.8 Å². The van der Waals surface area contributed by atoms with Crippen molar-refractivity contribution < 1.29 is 4.74 Å². The summed E-state index contributed by atoms with van der Waals surface area (Å²) in [5.41, 5.74) is 8.49. The number of rotatable bonds is 5. The van der Waals surface area contributed by atoms with Gasteiger partial charge in [0.2, 0.25) is 0 Å². The highest BCUT2D eigenvalue weighted by molar-refractivity contribution is 5.47. The lowest BCUT2D eigenvalue weighted by molar-refractivity contribution is 0.109. The normalized spacial score (nSPS) is 18.9. The smallest absolute Gasteiger partial charge is 0.123 e. The molecule has 0 aromatic heterocycles.